The van der Waals surface area contributed by atoms with Crippen LogP contribution in [0, 0.1) is 6.92 Å². The minimum atomic E-state index is -0.266. The number of nitrogens with one attached hydrogen (secondary N) is 2. The van der Waals surface area contributed by atoms with E-state index in [0.717, 1.165) is 11.3 Å². The molecular weight excluding hydrogens is 354 g/mol. The van der Waals surface area contributed by atoms with Crippen molar-refractivity contribution in [3.8, 4) is 5.75 Å². The van der Waals surface area contributed by atoms with E-state index in [1.807, 2.05) is 31.2 Å². The van der Waals surface area contributed by atoms with E-state index < -0.39 is 0 Å². The van der Waals surface area contributed by atoms with Crippen LogP contribution in [0.2, 0.25) is 0 Å². The Morgan fingerprint density at radius 2 is 1.88 bits per heavy atom. The number of aryl methyl sites for hydroxylation is 1. The van der Waals surface area contributed by atoms with Crippen LogP contribution in [0.1, 0.15) is 22.3 Å². The zero-order valence-electron chi connectivity index (χ0n) is 14.7. The van der Waals surface area contributed by atoms with Gasteiger partial charge in [0.1, 0.15) is 5.75 Å². The molecule has 0 fully saturated rings. The van der Waals surface area contributed by atoms with Gasteiger partial charge < -0.3 is 21.1 Å². The van der Waals surface area contributed by atoms with Crippen LogP contribution in [0.15, 0.2) is 48.5 Å². The summed E-state index contributed by atoms with van der Waals surface area (Å²) in [6, 6.07) is 14.5. The number of hydrogen-bond acceptors (Lipinski definition) is 4. The van der Waals surface area contributed by atoms with Gasteiger partial charge in [0.2, 0.25) is 5.91 Å². The molecule has 0 aliphatic heterocycles. The maximum absolute atomic E-state index is 12.1. The monoisotopic (exact) mass is 377 g/mol. The topological polar surface area (TPSA) is 93.4 Å². The molecule has 0 heterocycles. The molecule has 4 N–H and O–H groups in total. The number of rotatable bonds is 8. The first-order valence-corrected chi connectivity index (χ1v) is 8.17. The number of benzene rings is 2. The smallest absolute Gasteiger partial charge is 0.253 e. The molecule has 0 aromatic heterocycles. The molecule has 2 aromatic carbocycles. The summed E-state index contributed by atoms with van der Waals surface area (Å²) in [5.41, 5.74) is 7.36. The van der Waals surface area contributed by atoms with Crippen molar-refractivity contribution in [2.75, 3.05) is 25.0 Å². The van der Waals surface area contributed by atoms with Gasteiger partial charge in [0.25, 0.3) is 5.91 Å². The lowest BCUT2D eigenvalue weighted by Crippen LogP contribution is -2.30. The van der Waals surface area contributed by atoms with Crippen LogP contribution in [0.5, 0.6) is 5.75 Å². The van der Waals surface area contributed by atoms with Gasteiger partial charge >= 0.3 is 0 Å². The van der Waals surface area contributed by atoms with Crippen LogP contribution in [-0.2, 0) is 4.79 Å². The van der Waals surface area contributed by atoms with Gasteiger partial charge in [-0.3, -0.25) is 9.59 Å². The molecule has 0 bridgehead atoms. The molecule has 2 rings (SSSR count). The van der Waals surface area contributed by atoms with E-state index in [9.17, 15) is 9.59 Å². The fourth-order valence-electron chi connectivity index (χ4n) is 2.25. The Bertz CT molecular complexity index is 737. The maximum atomic E-state index is 12.1. The SMILES string of the molecule is Cc1cccc(OCCC(=O)Nc2ccccc2C(=O)NCCN)c1.Cl. The Hall–Kier alpha value is -2.57. The van der Waals surface area contributed by atoms with Crippen molar-refractivity contribution < 1.29 is 14.3 Å². The van der Waals surface area contributed by atoms with E-state index in [-0.39, 0.29) is 37.2 Å². The van der Waals surface area contributed by atoms with Crippen molar-refractivity contribution in [1.82, 2.24) is 5.32 Å². The number of ether oxygens (including phenoxy) is 1. The van der Waals surface area contributed by atoms with Crippen LogP contribution in [0.3, 0.4) is 0 Å². The van der Waals surface area contributed by atoms with Crippen molar-refractivity contribution in [2.45, 2.75) is 13.3 Å². The van der Waals surface area contributed by atoms with E-state index in [1.165, 1.54) is 0 Å². The summed E-state index contributed by atoms with van der Waals surface area (Å²) in [5.74, 6) is 0.249. The number of nitrogens with two attached hydrogens (primary N) is 1. The Balaban J connectivity index is 0.00000338. The predicted molar refractivity (Wildman–Crippen MR) is 105 cm³/mol. The Labute approximate surface area is 159 Å². The zero-order valence-corrected chi connectivity index (χ0v) is 15.5. The fraction of sp³-hybridized carbons (Fsp3) is 0.263. The van der Waals surface area contributed by atoms with Crippen molar-refractivity contribution in [3.05, 3.63) is 59.7 Å². The predicted octanol–water partition coefficient (Wildman–Crippen LogP) is 2.51. The van der Waals surface area contributed by atoms with Crippen LogP contribution < -0.4 is 21.1 Å². The second-order valence-electron chi connectivity index (χ2n) is 5.55. The quantitative estimate of drug-likeness (QED) is 0.659. The second kappa shape index (κ2) is 11.1. The lowest BCUT2D eigenvalue weighted by Gasteiger charge is -2.11. The molecule has 140 valence electrons. The molecule has 7 heteroatoms. The molecule has 0 aliphatic carbocycles. The summed E-state index contributed by atoms with van der Waals surface area (Å²) < 4.78 is 5.57. The molecule has 0 saturated heterocycles. The summed E-state index contributed by atoms with van der Waals surface area (Å²) in [6.07, 6.45) is 0.187. The molecule has 0 radical (unpaired) electrons. The normalized spacial score (nSPS) is 9.77. The summed E-state index contributed by atoms with van der Waals surface area (Å²) in [7, 11) is 0. The maximum Gasteiger partial charge on any atom is 0.253 e. The number of para-hydroxylation sites is 1. The Morgan fingerprint density at radius 1 is 1.12 bits per heavy atom. The average molecular weight is 378 g/mol. The summed E-state index contributed by atoms with van der Waals surface area (Å²) in [6.45, 7) is 2.98. The molecule has 0 saturated carbocycles. The summed E-state index contributed by atoms with van der Waals surface area (Å²) >= 11 is 0. The van der Waals surface area contributed by atoms with Gasteiger partial charge in [0, 0.05) is 13.1 Å². The molecule has 0 aliphatic rings. The van der Waals surface area contributed by atoms with Gasteiger partial charge in [-0.1, -0.05) is 24.3 Å². The van der Waals surface area contributed by atoms with Gasteiger partial charge in [-0.25, -0.2) is 0 Å². The minimum absolute atomic E-state index is 0. The third-order valence-electron chi connectivity index (χ3n) is 3.46. The van der Waals surface area contributed by atoms with Crippen LogP contribution in [0.4, 0.5) is 5.69 Å². The van der Waals surface area contributed by atoms with E-state index in [0.29, 0.717) is 24.3 Å². The van der Waals surface area contributed by atoms with Crippen LogP contribution >= 0.6 is 12.4 Å². The molecule has 0 unspecified atom stereocenters. The molecule has 0 spiro atoms. The summed E-state index contributed by atoms with van der Waals surface area (Å²) in [4.78, 5) is 24.2. The van der Waals surface area contributed by atoms with Crippen LogP contribution in [-0.4, -0.2) is 31.5 Å². The second-order valence-corrected chi connectivity index (χ2v) is 5.55. The standard InChI is InChI=1S/C19H23N3O3.ClH/c1-14-5-4-6-15(13-14)25-12-9-18(23)22-17-8-3-2-7-16(17)19(24)21-11-10-20;/h2-8,13H,9-12,20H2,1H3,(H,21,24)(H,22,23);1H. The first-order valence-electron chi connectivity index (χ1n) is 8.17. The molecular formula is C19H24ClN3O3. The number of anilines is 1. The highest BCUT2D eigenvalue weighted by Crippen LogP contribution is 2.16. The number of hydrogen-bond donors (Lipinski definition) is 3. The van der Waals surface area contributed by atoms with Gasteiger partial charge in [0.15, 0.2) is 0 Å². The number of amides is 2. The number of halogens is 1. The number of carbonyl (C=O) groups excluding carboxylic acids is 2. The highest BCUT2D eigenvalue weighted by Gasteiger charge is 2.12. The third kappa shape index (κ3) is 6.74. The first kappa shape index (κ1) is 21.5. The van der Waals surface area contributed by atoms with E-state index in [2.05, 4.69) is 10.6 Å². The molecule has 2 amide bonds. The van der Waals surface area contributed by atoms with E-state index in [4.69, 9.17) is 10.5 Å². The van der Waals surface area contributed by atoms with E-state index >= 15 is 0 Å². The minimum Gasteiger partial charge on any atom is -0.493 e. The van der Waals surface area contributed by atoms with Crippen LogP contribution in [0.25, 0.3) is 0 Å². The van der Waals surface area contributed by atoms with Crippen molar-refractivity contribution in [2.24, 2.45) is 5.73 Å². The van der Waals surface area contributed by atoms with Crippen molar-refractivity contribution >= 4 is 29.9 Å². The summed E-state index contributed by atoms with van der Waals surface area (Å²) in [5, 5.41) is 5.45. The Kier molecular flexibility index (Phi) is 9.19. The highest BCUT2D eigenvalue weighted by molar-refractivity contribution is 6.03. The molecule has 6 nitrogen and oxygen atoms in total. The Morgan fingerprint density at radius 3 is 2.62 bits per heavy atom. The van der Waals surface area contributed by atoms with Gasteiger partial charge in [-0.15, -0.1) is 12.4 Å². The van der Waals surface area contributed by atoms with Gasteiger partial charge in [0.05, 0.1) is 24.3 Å². The van der Waals surface area contributed by atoms with Gasteiger partial charge in [-0.05, 0) is 36.8 Å². The largest absolute Gasteiger partial charge is 0.493 e. The lowest BCUT2D eigenvalue weighted by molar-refractivity contribution is -0.116. The van der Waals surface area contributed by atoms with Crippen molar-refractivity contribution in [3.63, 3.8) is 0 Å². The third-order valence-corrected chi connectivity index (χ3v) is 3.46. The van der Waals surface area contributed by atoms with E-state index in [1.54, 1.807) is 24.3 Å². The average Bonchev–Trinajstić information content (AvgIpc) is 2.60. The zero-order chi connectivity index (χ0) is 18.1. The number of carbonyl (C=O) groups is 2. The molecule has 2 aromatic rings. The highest BCUT2D eigenvalue weighted by atomic mass is 35.5. The first-order chi connectivity index (χ1) is 12.1. The van der Waals surface area contributed by atoms with Crippen molar-refractivity contribution in [1.29, 1.82) is 0 Å². The fourth-order valence-corrected chi connectivity index (χ4v) is 2.25. The molecule has 26 heavy (non-hydrogen) atoms. The lowest BCUT2D eigenvalue weighted by atomic mass is 10.1. The molecule has 0 atom stereocenters. The van der Waals surface area contributed by atoms with Gasteiger partial charge in [-0.2, -0.15) is 0 Å².